The van der Waals surface area contributed by atoms with Gasteiger partial charge in [0, 0.05) is 33.1 Å². The van der Waals surface area contributed by atoms with Crippen LogP contribution in [0.5, 0.6) is 5.75 Å². The van der Waals surface area contributed by atoms with E-state index in [1.54, 1.807) is 36.3 Å². The third kappa shape index (κ3) is 3.75. The van der Waals surface area contributed by atoms with Crippen LogP contribution >= 0.6 is 0 Å². The molecule has 26 heavy (non-hydrogen) atoms. The number of carbonyl (C=O) groups excluding carboxylic acids is 1. The highest BCUT2D eigenvalue weighted by molar-refractivity contribution is 5.74. The molecule has 0 aliphatic carbocycles. The first-order valence-corrected chi connectivity index (χ1v) is 8.17. The van der Waals surface area contributed by atoms with Gasteiger partial charge < -0.3 is 18.8 Å². The highest BCUT2D eigenvalue weighted by Crippen LogP contribution is 2.32. The van der Waals surface area contributed by atoms with Crippen LogP contribution in [0, 0.1) is 5.82 Å². The average Bonchev–Trinajstić information content (AvgIpc) is 3.26. The number of hydrogen-bond acceptors (Lipinski definition) is 6. The van der Waals surface area contributed by atoms with Gasteiger partial charge in [0.2, 0.25) is 17.7 Å². The zero-order valence-corrected chi connectivity index (χ0v) is 14.8. The van der Waals surface area contributed by atoms with Crippen molar-refractivity contribution < 1.29 is 23.1 Å². The summed E-state index contributed by atoms with van der Waals surface area (Å²) in [6.07, 6.45) is 3.80. The Morgan fingerprint density at radius 1 is 1.35 bits per heavy atom. The van der Waals surface area contributed by atoms with Crippen LogP contribution in [0.2, 0.25) is 0 Å². The predicted molar refractivity (Wildman–Crippen MR) is 91.7 cm³/mol. The van der Waals surface area contributed by atoms with Gasteiger partial charge in [0.25, 0.3) is 0 Å². The van der Waals surface area contributed by atoms with E-state index in [0.29, 0.717) is 24.4 Å². The topological polar surface area (TPSA) is 77.7 Å². The number of benzene rings is 1. The van der Waals surface area contributed by atoms with Crippen LogP contribution < -0.4 is 4.74 Å². The molecule has 1 aliphatic heterocycles. The minimum Gasteiger partial charge on any atom is -0.494 e. The number of halogens is 1. The number of likely N-dealkylation sites (tertiary alicyclic amines) is 1. The van der Waals surface area contributed by atoms with Crippen LogP contribution in [0.4, 0.5) is 4.39 Å². The molecule has 8 heteroatoms. The zero-order chi connectivity index (χ0) is 18.7. The third-order valence-electron chi connectivity index (χ3n) is 4.34. The van der Waals surface area contributed by atoms with Crippen LogP contribution in [0.1, 0.15) is 36.7 Å². The molecule has 1 aromatic carbocycles. The van der Waals surface area contributed by atoms with E-state index in [2.05, 4.69) is 10.2 Å². The fourth-order valence-electron chi connectivity index (χ4n) is 2.95. The lowest BCUT2D eigenvalue weighted by atomic mass is 10.2. The van der Waals surface area contributed by atoms with Gasteiger partial charge in [-0.3, -0.25) is 4.79 Å². The number of amides is 1. The minimum atomic E-state index is -0.450. The molecule has 1 aliphatic rings. The molecule has 0 unspecified atom stereocenters. The van der Waals surface area contributed by atoms with Crippen LogP contribution in [0.3, 0.4) is 0 Å². The number of nitrogens with zero attached hydrogens (tertiary/aromatic N) is 3. The number of aromatic nitrogens is 2. The van der Waals surface area contributed by atoms with Crippen LogP contribution in [0.25, 0.3) is 12.2 Å². The standard InChI is InChI=1S/C18H20FN3O4/c1-11(23)22-10-13(24-2)9-15(22)18-21-20-17(26-18)7-5-12-4-6-16(25-3)14(19)8-12/h4-8,13,15H,9-10H2,1-3H3/b7-5+/t13-,15+/m0/s1. The number of carbonyl (C=O) groups is 1. The highest BCUT2D eigenvalue weighted by atomic mass is 19.1. The molecular weight excluding hydrogens is 341 g/mol. The summed E-state index contributed by atoms with van der Waals surface area (Å²) in [5.74, 6) is 0.300. The number of ether oxygens (including phenoxy) is 2. The summed E-state index contributed by atoms with van der Waals surface area (Å²) in [5, 5.41) is 8.02. The molecular formula is C18H20FN3O4. The van der Waals surface area contributed by atoms with Crippen molar-refractivity contribution in [3.8, 4) is 5.75 Å². The van der Waals surface area contributed by atoms with E-state index in [0.717, 1.165) is 0 Å². The maximum Gasteiger partial charge on any atom is 0.240 e. The quantitative estimate of drug-likeness (QED) is 0.815. The summed E-state index contributed by atoms with van der Waals surface area (Å²) in [5.41, 5.74) is 0.633. The van der Waals surface area contributed by atoms with Crippen LogP contribution in [0.15, 0.2) is 22.6 Å². The number of methoxy groups -OCH3 is 2. The van der Waals surface area contributed by atoms with Crippen molar-refractivity contribution >= 4 is 18.1 Å². The Hall–Kier alpha value is -2.74. The van der Waals surface area contributed by atoms with Gasteiger partial charge in [-0.15, -0.1) is 10.2 Å². The molecule has 3 rings (SSSR count). The van der Waals surface area contributed by atoms with Crippen molar-refractivity contribution in [2.75, 3.05) is 20.8 Å². The molecule has 0 saturated carbocycles. The Labute approximate surface area is 150 Å². The summed E-state index contributed by atoms with van der Waals surface area (Å²) in [6, 6.07) is 4.31. The summed E-state index contributed by atoms with van der Waals surface area (Å²) in [6.45, 7) is 2.00. The minimum absolute atomic E-state index is 0.0583. The monoisotopic (exact) mass is 361 g/mol. The van der Waals surface area contributed by atoms with Gasteiger partial charge in [-0.1, -0.05) is 6.07 Å². The molecule has 0 N–H and O–H groups in total. The van der Waals surface area contributed by atoms with Gasteiger partial charge >= 0.3 is 0 Å². The maximum absolute atomic E-state index is 13.7. The molecule has 2 heterocycles. The Morgan fingerprint density at radius 3 is 2.81 bits per heavy atom. The van der Waals surface area contributed by atoms with E-state index in [1.807, 2.05) is 0 Å². The van der Waals surface area contributed by atoms with Crippen LogP contribution in [-0.2, 0) is 9.53 Å². The lowest BCUT2D eigenvalue weighted by Gasteiger charge is -2.19. The second-order valence-electron chi connectivity index (χ2n) is 5.99. The van der Waals surface area contributed by atoms with Crippen molar-refractivity contribution in [2.45, 2.75) is 25.5 Å². The summed E-state index contributed by atoms with van der Waals surface area (Å²) >= 11 is 0. The molecule has 0 bridgehead atoms. The van der Waals surface area contributed by atoms with Crippen molar-refractivity contribution in [3.05, 3.63) is 41.4 Å². The molecule has 2 atom stereocenters. The normalized spacial score (nSPS) is 20.1. The Kier molecular flexibility index (Phi) is 5.32. The molecule has 1 saturated heterocycles. The van der Waals surface area contributed by atoms with E-state index < -0.39 is 5.82 Å². The van der Waals surface area contributed by atoms with Gasteiger partial charge in [0.15, 0.2) is 11.6 Å². The number of rotatable bonds is 5. The summed E-state index contributed by atoms with van der Waals surface area (Å²) in [7, 11) is 3.02. The molecule has 0 spiro atoms. The maximum atomic E-state index is 13.7. The van der Waals surface area contributed by atoms with Gasteiger partial charge in [-0.2, -0.15) is 0 Å². The van der Waals surface area contributed by atoms with Crippen molar-refractivity contribution in [3.63, 3.8) is 0 Å². The largest absolute Gasteiger partial charge is 0.494 e. The van der Waals surface area contributed by atoms with Gasteiger partial charge in [-0.25, -0.2) is 4.39 Å². The van der Waals surface area contributed by atoms with E-state index >= 15 is 0 Å². The van der Waals surface area contributed by atoms with Crippen molar-refractivity contribution in [2.24, 2.45) is 0 Å². The zero-order valence-electron chi connectivity index (χ0n) is 14.8. The average molecular weight is 361 g/mol. The second kappa shape index (κ2) is 7.65. The SMILES string of the molecule is COc1ccc(/C=C/c2nnc([C@H]3C[C@H](OC)CN3C(C)=O)o2)cc1F. The predicted octanol–water partition coefficient (Wildman–Crippen LogP) is 2.70. The van der Waals surface area contributed by atoms with E-state index in [9.17, 15) is 9.18 Å². The Bertz CT molecular complexity index is 821. The highest BCUT2D eigenvalue weighted by Gasteiger charge is 2.38. The first-order valence-electron chi connectivity index (χ1n) is 8.17. The summed E-state index contributed by atoms with van der Waals surface area (Å²) in [4.78, 5) is 13.5. The van der Waals surface area contributed by atoms with Gasteiger partial charge in [-0.05, 0) is 23.8 Å². The first kappa shape index (κ1) is 18.1. The van der Waals surface area contributed by atoms with E-state index in [4.69, 9.17) is 13.9 Å². The number of hydrogen-bond donors (Lipinski definition) is 0. The van der Waals surface area contributed by atoms with E-state index in [-0.39, 0.29) is 29.7 Å². The summed E-state index contributed by atoms with van der Waals surface area (Å²) < 4.78 is 29.6. The Morgan fingerprint density at radius 2 is 2.15 bits per heavy atom. The molecule has 1 amide bonds. The molecule has 0 radical (unpaired) electrons. The first-order chi connectivity index (χ1) is 12.5. The van der Waals surface area contributed by atoms with Crippen LogP contribution in [-0.4, -0.2) is 47.9 Å². The molecule has 1 fully saturated rings. The fourth-order valence-corrected chi connectivity index (χ4v) is 2.95. The third-order valence-corrected chi connectivity index (χ3v) is 4.34. The smallest absolute Gasteiger partial charge is 0.240 e. The Balaban J connectivity index is 1.75. The molecule has 2 aromatic rings. The second-order valence-corrected chi connectivity index (χ2v) is 5.99. The van der Waals surface area contributed by atoms with Gasteiger partial charge in [0.05, 0.1) is 13.2 Å². The van der Waals surface area contributed by atoms with Crippen molar-refractivity contribution in [1.29, 1.82) is 0 Å². The molecule has 138 valence electrons. The lowest BCUT2D eigenvalue weighted by molar-refractivity contribution is -0.130. The lowest BCUT2D eigenvalue weighted by Crippen LogP contribution is -2.29. The molecule has 7 nitrogen and oxygen atoms in total. The molecule has 1 aromatic heterocycles. The fraction of sp³-hybridized carbons (Fsp3) is 0.389. The van der Waals surface area contributed by atoms with Crippen molar-refractivity contribution in [1.82, 2.24) is 15.1 Å². The van der Waals surface area contributed by atoms with E-state index in [1.165, 1.54) is 20.1 Å². The van der Waals surface area contributed by atoms with Gasteiger partial charge in [0.1, 0.15) is 6.04 Å².